The fraction of sp³-hybridized carbons (Fsp3) is 0.538. The molecule has 4 nitrogen and oxygen atoms in total. The van der Waals surface area contributed by atoms with Gasteiger partial charge in [-0.25, -0.2) is 0 Å². The maximum Gasteiger partial charge on any atom is 0.212 e. The Hall–Kier alpha value is -1.07. The Morgan fingerprint density at radius 3 is 3.11 bits per heavy atom. The van der Waals surface area contributed by atoms with Crippen LogP contribution in [-0.4, -0.2) is 38.1 Å². The first-order chi connectivity index (χ1) is 8.61. The van der Waals surface area contributed by atoms with Crippen molar-refractivity contribution in [2.75, 3.05) is 13.1 Å². The van der Waals surface area contributed by atoms with Crippen molar-refractivity contribution < 1.29 is 4.79 Å². The van der Waals surface area contributed by atoms with Crippen molar-refractivity contribution in [3.63, 3.8) is 0 Å². The second-order valence-electron chi connectivity index (χ2n) is 5.04. The third-order valence-corrected chi connectivity index (χ3v) is 4.75. The van der Waals surface area contributed by atoms with Gasteiger partial charge in [0.1, 0.15) is 0 Å². The van der Waals surface area contributed by atoms with E-state index in [9.17, 15) is 4.79 Å². The Morgan fingerprint density at radius 2 is 2.39 bits per heavy atom. The zero-order valence-electron chi connectivity index (χ0n) is 10.7. The molecule has 1 aromatic rings. The van der Waals surface area contributed by atoms with E-state index in [2.05, 4.69) is 16.1 Å². The molecule has 5 heteroatoms. The van der Waals surface area contributed by atoms with Gasteiger partial charge in [0.25, 0.3) is 0 Å². The monoisotopic (exact) mass is 263 g/mol. The highest BCUT2D eigenvalue weighted by Crippen LogP contribution is 2.34. The van der Waals surface area contributed by atoms with Crippen molar-refractivity contribution in [2.24, 2.45) is 7.05 Å². The highest BCUT2D eigenvalue weighted by molar-refractivity contribution is 8.15. The van der Waals surface area contributed by atoms with Crippen molar-refractivity contribution in [1.82, 2.24) is 14.7 Å². The molecular weight excluding hydrogens is 246 g/mol. The minimum Gasteiger partial charge on any atom is -0.293 e. The molecule has 1 fully saturated rings. The number of likely N-dealkylation sites (tertiary alicyclic amines) is 1. The number of carbonyl (C=O) groups is 1. The van der Waals surface area contributed by atoms with Crippen LogP contribution in [0.15, 0.2) is 17.7 Å². The van der Waals surface area contributed by atoms with Crippen molar-refractivity contribution in [3.05, 3.63) is 29.1 Å². The van der Waals surface area contributed by atoms with E-state index in [1.54, 1.807) is 0 Å². The van der Waals surface area contributed by atoms with Gasteiger partial charge in [0.2, 0.25) is 5.12 Å². The quantitative estimate of drug-likeness (QED) is 0.810. The van der Waals surface area contributed by atoms with Gasteiger partial charge in [-0.3, -0.25) is 14.4 Å². The van der Waals surface area contributed by atoms with Gasteiger partial charge >= 0.3 is 0 Å². The minimum atomic E-state index is 0.230. The first kappa shape index (κ1) is 12.0. The van der Waals surface area contributed by atoms with Crippen LogP contribution in [0.25, 0.3) is 0 Å². The van der Waals surface area contributed by atoms with Crippen molar-refractivity contribution in [3.8, 4) is 0 Å². The fourth-order valence-electron chi connectivity index (χ4n) is 2.70. The molecule has 1 unspecified atom stereocenters. The molecule has 0 amide bonds. The second-order valence-corrected chi connectivity index (χ2v) is 6.25. The Balaban J connectivity index is 1.70. The van der Waals surface area contributed by atoms with E-state index >= 15 is 0 Å². The van der Waals surface area contributed by atoms with Gasteiger partial charge in [-0.05, 0) is 31.1 Å². The van der Waals surface area contributed by atoms with Gasteiger partial charge < -0.3 is 0 Å². The normalized spacial score (nSPS) is 24.2. The summed E-state index contributed by atoms with van der Waals surface area (Å²) in [5.74, 6) is 0. The molecule has 0 aromatic carbocycles. The van der Waals surface area contributed by atoms with E-state index in [4.69, 9.17) is 0 Å². The lowest BCUT2D eigenvalue weighted by atomic mass is 10.0. The molecular formula is C13H17N3OS. The van der Waals surface area contributed by atoms with Crippen LogP contribution in [0, 0.1) is 6.92 Å². The Bertz CT molecular complexity index is 520. The number of hydrogen-bond donors (Lipinski definition) is 0. The summed E-state index contributed by atoms with van der Waals surface area (Å²) in [5.41, 5.74) is 3.60. The minimum absolute atomic E-state index is 0.230. The zero-order valence-corrected chi connectivity index (χ0v) is 11.5. The van der Waals surface area contributed by atoms with Crippen LogP contribution in [-0.2, 0) is 18.4 Å². The van der Waals surface area contributed by atoms with E-state index in [0.717, 1.165) is 31.7 Å². The summed E-state index contributed by atoms with van der Waals surface area (Å²) in [5, 5.41) is 5.05. The summed E-state index contributed by atoms with van der Waals surface area (Å²) < 4.78 is 1.95. The predicted octanol–water partition coefficient (Wildman–Crippen LogP) is 1.50. The third-order valence-electron chi connectivity index (χ3n) is 3.57. The largest absolute Gasteiger partial charge is 0.293 e. The number of nitrogens with zero attached hydrogens (tertiary/aromatic N) is 3. The summed E-state index contributed by atoms with van der Waals surface area (Å²) in [4.78, 5) is 13.8. The molecule has 2 aliphatic rings. The van der Waals surface area contributed by atoms with Crippen LogP contribution in [0.5, 0.6) is 0 Å². The summed E-state index contributed by atoms with van der Waals surface area (Å²) in [6.45, 7) is 4.92. The summed E-state index contributed by atoms with van der Waals surface area (Å²) in [6.07, 6.45) is 2.91. The fourth-order valence-corrected chi connectivity index (χ4v) is 3.72. The topological polar surface area (TPSA) is 38.1 Å². The second kappa shape index (κ2) is 4.55. The average molecular weight is 263 g/mol. The zero-order chi connectivity index (χ0) is 12.7. The molecule has 0 radical (unpaired) electrons. The van der Waals surface area contributed by atoms with Gasteiger partial charge in [0.15, 0.2) is 0 Å². The van der Waals surface area contributed by atoms with E-state index in [1.165, 1.54) is 23.0 Å². The summed E-state index contributed by atoms with van der Waals surface area (Å²) in [6, 6.07) is 2.13. The molecule has 0 N–H and O–H groups in total. The maximum absolute atomic E-state index is 11.4. The molecule has 1 saturated heterocycles. The van der Waals surface area contributed by atoms with E-state index in [-0.39, 0.29) is 5.12 Å². The lowest BCUT2D eigenvalue weighted by Crippen LogP contribution is -2.35. The molecule has 3 rings (SSSR count). The number of piperidine rings is 1. The molecule has 0 saturated carbocycles. The molecule has 2 aliphatic heterocycles. The first-order valence-corrected chi connectivity index (χ1v) is 7.13. The van der Waals surface area contributed by atoms with Gasteiger partial charge in [-0.15, -0.1) is 0 Å². The van der Waals surface area contributed by atoms with Crippen LogP contribution >= 0.6 is 11.8 Å². The first-order valence-electron chi connectivity index (χ1n) is 6.25. The molecule has 1 atom stereocenters. The predicted molar refractivity (Wildman–Crippen MR) is 72.3 cm³/mol. The van der Waals surface area contributed by atoms with Gasteiger partial charge in [0.05, 0.1) is 11.4 Å². The molecule has 1 aromatic heterocycles. The molecule has 0 bridgehead atoms. The average Bonchev–Trinajstić information content (AvgIpc) is 2.80. The van der Waals surface area contributed by atoms with Crippen molar-refractivity contribution in [2.45, 2.75) is 25.1 Å². The number of fused-ring (bicyclic) bond motifs is 1. The van der Waals surface area contributed by atoms with E-state index < -0.39 is 0 Å². The lowest BCUT2D eigenvalue weighted by Gasteiger charge is -2.31. The highest BCUT2D eigenvalue weighted by atomic mass is 32.2. The van der Waals surface area contributed by atoms with E-state index in [1.807, 2.05) is 24.7 Å². The number of rotatable bonds is 2. The number of aryl methyl sites for hydroxylation is 2. The van der Waals surface area contributed by atoms with Gasteiger partial charge in [-0.1, -0.05) is 11.8 Å². The number of carbonyl (C=O) groups excluding carboxylic acids is 1. The molecule has 0 spiro atoms. The highest BCUT2D eigenvalue weighted by Gasteiger charge is 2.31. The SMILES string of the molecule is Cc1cc(CN2CCC3SC(=O)C=C3C2)n(C)n1. The molecule has 18 heavy (non-hydrogen) atoms. The van der Waals surface area contributed by atoms with Crippen LogP contribution in [0.4, 0.5) is 0 Å². The number of aromatic nitrogens is 2. The maximum atomic E-state index is 11.4. The third kappa shape index (κ3) is 2.24. The Labute approximate surface area is 111 Å². The van der Waals surface area contributed by atoms with E-state index in [0.29, 0.717) is 5.25 Å². The van der Waals surface area contributed by atoms with Crippen LogP contribution in [0.2, 0.25) is 0 Å². The van der Waals surface area contributed by atoms with Gasteiger partial charge in [0, 0.05) is 31.9 Å². The van der Waals surface area contributed by atoms with Crippen LogP contribution in [0.3, 0.4) is 0 Å². The van der Waals surface area contributed by atoms with Crippen molar-refractivity contribution in [1.29, 1.82) is 0 Å². The van der Waals surface area contributed by atoms with Gasteiger partial charge in [-0.2, -0.15) is 5.10 Å². The smallest absolute Gasteiger partial charge is 0.212 e. The Morgan fingerprint density at radius 1 is 1.56 bits per heavy atom. The van der Waals surface area contributed by atoms with Crippen LogP contribution in [0.1, 0.15) is 17.8 Å². The standard InChI is InChI=1S/C13H17N3OS/c1-9-5-11(15(2)14-9)8-16-4-3-12-10(7-16)6-13(17)18-12/h5-6,12H,3-4,7-8H2,1-2H3. The summed E-state index contributed by atoms with van der Waals surface area (Å²) >= 11 is 1.49. The van der Waals surface area contributed by atoms with Crippen molar-refractivity contribution >= 4 is 16.9 Å². The molecule has 0 aliphatic carbocycles. The lowest BCUT2D eigenvalue weighted by molar-refractivity contribution is -0.106. The number of hydrogen-bond acceptors (Lipinski definition) is 4. The molecule has 3 heterocycles. The van der Waals surface area contributed by atoms with Crippen LogP contribution < -0.4 is 0 Å². The summed E-state index contributed by atoms with van der Waals surface area (Å²) in [7, 11) is 1.99. The number of thioether (sulfide) groups is 1. The Kier molecular flexibility index (Phi) is 3.03. The molecule has 96 valence electrons.